The van der Waals surface area contributed by atoms with Gasteiger partial charge in [0.25, 0.3) is 0 Å². The summed E-state index contributed by atoms with van der Waals surface area (Å²) >= 11 is 0. The number of ether oxygens (including phenoxy) is 1. The summed E-state index contributed by atoms with van der Waals surface area (Å²) < 4.78 is 55.0. The third kappa shape index (κ3) is 4.82. The first-order valence-electron chi connectivity index (χ1n) is 9.12. The maximum Gasteiger partial charge on any atom is 0.238 e. The topological polar surface area (TPSA) is 142 Å². The van der Waals surface area contributed by atoms with Gasteiger partial charge < -0.3 is 15.0 Å². The molecule has 3 fully saturated rings. The Bertz CT molecular complexity index is 844. The Hall–Kier alpha value is -1.28. The molecular weight excluding hydrogens is 412 g/mol. The number of rotatable bonds is 7. The van der Waals surface area contributed by atoms with Crippen LogP contribution >= 0.6 is 0 Å². The number of carbonyl (C=O) groups excluding carboxylic acids is 2. The largest absolute Gasteiger partial charge is 0.372 e. The lowest BCUT2D eigenvalue weighted by Gasteiger charge is -2.26. The van der Waals surface area contributed by atoms with Crippen molar-refractivity contribution in [3.63, 3.8) is 0 Å². The highest BCUT2D eigenvalue weighted by atomic mass is 32.2. The van der Waals surface area contributed by atoms with Gasteiger partial charge in [0.05, 0.1) is 31.2 Å². The van der Waals surface area contributed by atoms with E-state index in [0.29, 0.717) is 32.5 Å². The molecule has 2 N–H and O–H groups in total. The Morgan fingerprint density at radius 3 is 2.50 bits per heavy atom. The Kier molecular flexibility index (Phi) is 6.01. The molecule has 0 spiro atoms. The van der Waals surface area contributed by atoms with Crippen LogP contribution in [-0.2, 0) is 34.4 Å². The van der Waals surface area contributed by atoms with Crippen LogP contribution in [0.1, 0.15) is 19.3 Å². The molecule has 0 aromatic carbocycles. The number of morpholine rings is 1. The summed E-state index contributed by atoms with van der Waals surface area (Å²) in [5.74, 6) is -0.595. The van der Waals surface area contributed by atoms with Gasteiger partial charge in [0, 0.05) is 26.1 Å². The first-order valence-corrected chi connectivity index (χ1v) is 12.9. The number of nitrogens with one attached hydrogen (secondary N) is 2. The van der Waals surface area contributed by atoms with Crippen molar-refractivity contribution in [3.8, 4) is 0 Å². The van der Waals surface area contributed by atoms with Crippen molar-refractivity contribution in [2.75, 3.05) is 38.8 Å². The van der Waals surface area contributed by atoms with Gasteiger partial charge in [-0.1, -0.05) is 0 Å². The fourth-order valence-corrected chi connectivity index (χ4v) is 5.48. The van der Waals surface area contributed by atoms with Gasteiger partial charge in [0.2, 0.25) is 31.9 Å². The lowest BCUT2D eigenvalue weighted by molar-refractivity contribution is -0.135. The second-order valence-corrected chi connectivity index (χ2v) is 11.2. The van der Waals surface area contributed by atoms with E-state index in [0.717, 1.165) is 12.5 Å². The summed E-state index contributed by atoms with van der Waals surface area (Å²) in [4.78, 5) is 26.6. The number of fused-ring (bicyclic) bond motifs is 1. The molecule has 0 radical (unpaired) electrons. The highest BCUT2D eigenvalue weighted by molar-refractivity contribution is 7.88. The maximum absolute atomic E-state index is 12.6. The molecule has 13 heteroatoms. The SMILES string of the molecule is CS(=O)(=O)NCCC(=O)N1CCOC2C(NC(=O)C3CCCN3S(C)(=O)=O)C21. The second-order valence-electron chi connectivity index (χ2n) is 7.40. The predicted molar refractivity (Wildman–Crippen MR) is 99.2 cm³/mol. The fraction of sp³-hybridized carbons (Fsp3) is 0.867. The normalized spacial score (nSPS) is 30.7. The average molecular weight is 439 g/mol. The zero-order valence-corrected chi connectivity index (χ0v) is 17.5. The highest BCUT2D eigenvalue weighted by Gasteiger charge is 2.59. The molecule has 1 saturated carbocycles. The van der Waals surface area contributed by atoms with E-state index in [1.807, 2.05) is 0 Å². The van der Waals surface area contributed by atoms with E-state index in [4.69, 9.17) is 4.74 Å². The summed E-state index contributed by atoms with van der Waals surface area (Å²) in [6.07, 6.45) is 2.89. The van der Waals surface area contributed by atoms with E-state index >= 15 is 0 Å². The summed E-state index contributed by atoms with van der Waals surface area (Å²) in [5.41, 5.74) is 0. The molecule has 4 atom stereocenters. The molecule has 4 unspecified atom stereocenters. The van der Waals surface area contributed by atoms with Crippen molar-refractivity contribution in [1.82, 2.24) is 19.2 Å². The molecule has 3 rings (SSSR count). The van der Waals surface area contributed by atoms with Crippen molar-refractivity contribution >= 4 is 31.9 Å². The van der Waals surface area contributed by atoms with Crippen molar-refractivity contribution in [1.29, 1.82) is 0 Å². The van der Waals surface area contributed by atoms with Crippen molar-refractivity contribution < 1.29 is 31.2 Å². The lowest BCUT2D eigenvalue weighted by atomic mass is 10.2. The average Bonchev–Trinajstić information content (AvgIpc) is 3.04. The van der Waals surface area contributed by atoms with Crippen LogP contribution in [-0.4, -0.2) is 101 Å². The Labute approximate surface area is 164 Å². The second kappa shape index (κ2) is 7.86. The molecule has 1 aliphatic carbocycles. The number of carbonyl (C=O) groups is 2. The number of amides is 2. The van der Waals surface area contributed by atoms with Crippen LogP contribution in [0.25, 0.3) is 0 Å². The molecule has 0 bridgehead atoms. The molecule has 28 heavy (non-hydrogen) atoms. The maximum atomic E-state index is 12.6. The number of hydrogen-bond donors (Lipinski definition) is 2. The van der Waals surface area contributed by atoms with E-state index < -0.39 is 26.1 Å². The molecule has 2 aliphatic heterocycles. The summed E-state index contributed by atoms with van der Waals surface area (Å²) in [7, 11) is -6.83. The van der Waals surface area contributed by atoms with E-state index in [1.54, 1.807) is 4.90 Å². The Morgan fingerprint density at radius 2 is 1.86 bits per heavy atom. The minimum Gasteiger partial charge on any atom is -0.372 e. The number of nitrogens with zero attached hydrogens (tertiary/aromatic N) is 2. The van der Waals surface area contributed by atoms with Crippen molar-refractivity contribution in [2.24, 2.45) is 0 Å². The molecule has 0 aromatic rings. The van der Waals surface area contributed by atoms with Gasteiger partial charge in [0.1, 0.15) is 12.1 Å². The highest BCUT2D eigenvalue weighted by Crippen LogP contribution is 2.36. The molecule has 2 heterocycles. The lowest BCUT2D eigenvalue weighted by Crippen LogP contribution is -2.48. The standard InChI is InChI=1S/C15H26N4O7S2/c1-27(22,23)16-6-5-11(20)18-8-9-26-14-12(13(14)18)17-15(21)10-4-3-7-19(10)28(2,24)25/h10,12-14,16H,3-9H2,1-2H3,(H,17,21). The van der Waals surface area contributed by atoms with Crippen LogP contribution < -0.4 is 10.0 Å². The monoisotopic (exact) mass is 438 g/mol. The van der Waals surface area contributed by atoms with Crippen molar-refractivity contribution in [3.05, 3.63) is 0 Å². The van der Waals surface area contributed by atoms with Crippen molar-refractivity contribution in [2.45, 2.75) is 43.5 Å². The van der Waals surface area contributed by atoms with Crippen LogP contribution in [0.5, 0.6) is 0 Å². The predicted octanol–water partition coefficient (Wildman–Crippen LogP) is -2.56. The van der Waals surface area contributed by atoms with Gasteiger partial charge >= 0.3 is 0 Å². The molecule has 2 saturated heterocycles. The zero-order chi connectivity index (χ0) is 20.7. The third-order valence-electron chi connectivity index (χ3n) is 5.18. The van der Waals surface area contributed by atoms with Gasteiger partial charge in [-0.15, -0.1) is 0 Å². The van der Waals surface area contributed by atoms with Crippen LogP contribution in [0.2, 0.25) is 0 Å². The van der Waals surface area contributed by atoms with E-state index in [1.165, 1.54) is 4.31 Å². The van der Waals surface area contributed by atoms with Gasteiger partial charge in [0.15, 0.2) is 0 Å². The van der Waals surface area contributed by atoms with Gasteiger partial charge in [-0.2, -0.15) is 4.31 Å². The Morgan fingerprint density at radius 1 is 1.14 bits per heavy atom. The van der Waals surface area contributed by atoms with Gasteiger partial charge in [-0.3, -0.25) is 9.59 Å². The molecule has 11 nitrogen and oxygen atoms in total. The van der Waals surface area contributed by atoms with Crippen LogP contribution in [0.15, 0.2) is 0 Å². The van der Waals surface area contributed by atoms with Crippen LogP contribution in [0, 0.1) is 0 Å². The summed E-state index contributed by atoms with van der Waals surface area (Å²) in [5, 5.41) is 2.83. The van der Waals surface area contributed by atoms with E-state index in [9.17, 15) is 26.4 Å². The van der Waals surface area contributed by atoms with E-state index in [2.05, 4.69) is 10.0 Å². The van der Waals surface area contributed by atoms with Crippen LogP contribution in [0.4, 0.5) is 0 Å². The zero-order valence-electron chi connectivity index (χ0n) is 15.8. The van der Waals surface area contributed by atoms with Gasteiger partial charge in [-0.05, 0) is 12.8 Å². The first-order chi connectivity index (χ1) is 13.0. The number of sulfonamides is 2. The van der Waals surface area contributed by atoms with Crippen LogP contribution in [0.3, 0.4) is 0 Å². The summed E-state index contributed by atoms with van der Waals surface area (Å²) in [6, 6.07) is -1.43. The minimum absolute atomic E-state index is 0.00876. The smallest absolute Gasteiger partial charge is 0.238 e. The molecule has 160 valence electrons. The molecular formula is C15H26N4O7S2. The number of hydrogen-bond acceptors (Lipinski definition) is 7. The quantitative estimate of drug-likeness (QED) is 0.445. The molecule has 0 aromatic heterocycles. The summed E-state index contributed by atoms with van der Waals surface area (Å²) in [6.45, 7) is 1.03. The fourth-order valence-electron chi connectivity index (χ4n) is 3.88. The molecule has 2 amide bonds. The minimum atomic E-state index is -3.46. The molecule has 3 aliphatic rings. The first kappa shape index (κ1) is 21.4. The van der Waals surface area contributed by atoms with E-state index in [-0.39, 0.29) is 43.0 Å². The third-order valence-corrected chi connectivity index (χ3v) is 7.20. The Balaban J connectivity index is 1.57. The van der Waals surface area contributed by atoms with Gasteiger partial charge in [-0.25, -0.2) is 21.6 Å².